The molecule has 2 N–H and O–H groups in total. The number of amides is 1. The summed E-state index contributed by atoms with van der Waals surface area (Å²) in [4.78, 5) is 12.2. The van der Waals surface area contributed by atoms with Crippen LogP contribution in [0.3, 0.4) is 0 Å². The predicted octanol–water partition coefficient (Wildman–Crippen LogP) is 2.09. The van der Waals surface area contributed by atoms with Crippen LogP contribution >= 0.6 is 0 Å². The largest absolute Gasteiger partial charge is 0.395 e. The molecule has 0 aromatic heterocycles. The van der Waals surface area contributed by atoms with Gasteiger partial charge < -0.3 is 15.2 Å². The number of carbonyl (C=O) groups is 1. The lowest BCUT2D eigenvalue weighted by molar-refractivity contribution is -0.122. The predicted molar refractivity (Wildman–Crippen MR) is 81.9 cm³/mol. The quantitative estimate of drug-likeness (QED) is 0.837. The summed E-state index contributed by atoms with van der Waals surface area (Å²) in [6, 6.07) is 5.70. The Hall–Kier alpha value is -1.83. The van der Waals surface area contributed by atoms with Gasteiger partial charge in [0.2, 0.25) is 5.91 Å². The van der Waals surface area contributed by atoms with Crippen molar-refractivity contribution in [2.75, 3.05) is 25.1 Å². The highest BCUT2D eigenvalue weighted by Gasteiger charge is 2.21. The Morgan fingerprint density at radius 2 is 2.19 bits per heavy atom. The molecule has 0 aliphatic carbocycles. The van der Waals surface area contributed by atoms with Crippen molar-refractivity contribution >= 4 is 11.6 Å². The van der Waals surface area contributed by atoms with Crippen molar-refractivity contribution in [3.63, 3.8) is 0 Å². The smallest absolute Gasteiger partial charge is 0.227 e. The van der Waals surface area contributed by atoms with Crippen LogP contribution in [0, 0.1) is 24.7 Å². The first kappa shape index (κ1) is 15.6. The Balaban J connectivity index is 1.99. The average molecular weight is 287 g/mol. The van der Waals surface area contributed by atoms with E-state index in [4.69, 9.17) is 9.84 Å². The molecule has 0 bridgehead atoms. The molecule has 0 radical (unpaired) electrons. The lowest BCUT2D eigenvalue weighted by Gasteiger charge is -2.21. The van der Waals surface area contributed by atoms with Crippen LogP contribution in [0.5, 0.6) is 0 Å². The zero-order chi connectivity index (χ0) is 15.1. The van der Waals surface area contributed by atoms with E-state index in [1.165, 1.54) is 0 Å². The monoisotopic (exact) mass is 287 g/mol. The third-order valence-electron chi connectivity index (χ3n) is 3.55. The van der Waals surface area contributed by atoms with Crippen LogP contribution in [0.15, 0.2) is 18.2 Å². The van der Waals surface area contributed by atoms with Gasteiger partial charge in [-0.15, -0.1) is 0 Å². The van der Waals surface area contributed by atoms with Crippen LogP contribution in [0.2, 0.25) is 0 Å². The lowest BCUT2D eigenvalue weighted by atomic mass is 9.99. The molecular formula is C17H21NO3. The molecule has 1 aromatic rings. The summed E-state index contributed by atoms with van der Waals surface area (Å²) in [6.07, 6.45) is 2.05. The molecule has 4 heteroatoms. The molecule has 0 spiro atoms. The summed E-state index contributed by atoms with van der Waals surface area (Å²) >= 11 is 0. The summed E-state index contributed by atoms with van der Waals surface area (Å²) in [6.45, 7) is 3.37. The molecule has 1 fully saturated rings. The molecule has 2 rings (SSSR count). The van der Waals surface area contributed by atoms with Gasteiger partial charge in [-0.25, -0.2) is 0 Å². The average Bonchev–Trinajstić information content (AvgIpc) is 2.50. The van der Waals surface area contributed by atoms with Gasteiger partial charge in [0, 0.05) is 36.8 Å². The third kappa shape index (κ3) is 4.59. The zero-order valence-electron chi connectivity index (χ0n) is 12.3. The van der Waals surface area contributed by atoms with E-state index in [0.717, 1.165) is 29.7 Å². The van der Waals surface area contributed by atoms with Gasteiger partial charge in [0.1, 0.15) is 0 Å². The SMILES string of the molecule is Cc1cc(NC(=O)C2CCOCC2)ccc1C#CCCO. The van der Waals surface area contributed by atoms with Crippen molar-refractivity contribution in [2.24, 2.45) is 5.92 Å². The van der Waals surface area contributed by atoms with Crippen LogP contribution in [-0.4, -0.2) is 30.8 Å². The van der Waals surface area contributed by atoms with Crippen LogP contribution in [0.1, 0.15) is 30.4 Å². The van der Waals surface area contributed by atoms with Gasteiger partial charge in [-0.1, -0.05) is 11.8 Å². The topological polar surface area (TPSA) is 58.6 Å². The second-order valence-electron chi connectivity index (χ2n) is 5.18. The minimum atomic E-state index is 0.0445. The molecule has 0 saturated carbocycles. The number of anilines is 1. The van der Waals surface area contributed by atoms with Crippen molar-refractivity contribution in [1.82, 2.24) is 0 Å². The molecule has 21 heavy (non-hydrogen) atoms. The number of aliphatic hydroxyl groups is 1. The Labute approximate surface area is 125 Å². The number of carbonyl (C=O) groups excluding carboxylic acids is 1. The van der Waals surface area contributed by atoms with E-state index in [1.807, 2.05) is 25.1 Å². The Morgan fingerprint density at radius 1 is 1.43 bits per heavy atom. The molecule has 1 aliphatic heterocycles. The number of nitrogens with one attached hydrogen (secondary N) is 1. The summed E-state index contributed by atoms with van der Waals surface area (Å²) in [5.41, 5.74) is 2.74. The van der Waals surface area contributed by atoms with Crippen molar-refractivity contribution in [3.05, 3.63) is 29.3 Å². The number of benzene rings is 1. The summed E-state index contributed by atoms with van der Waals surface area (Å²) in [5, 5.41) is 11.7. The zero-order valence-corrected chi connectivity index (χ0v) is 12.3. The molecule has 0 atom stereocenters. The van der Waals surface area contributed by atoms with Gasteiger partial charge in [0.05, 0.1) is 6.61 Å². The van der Waals surface area contributed by atoms with Gasteiger partial charge in [-0.3, -0.25) is 4.79 Å². The number of aliphatic hydroxyl groups excluding tert-OH is 1. The van der Waals surface area contributed by atoms with E-state index in [-0.39, 0.29) is 18.4 Å². The molecule has 1 aliphatic rings. The van der Waals surface area contributed by atoms with E-state index < -0.39 is 0 Å². The maximum atomic E-state index is 12.2. The molecule has 1 aromatic carbocycles. The fraction of sp³-hybridized carbons (Fsp3) is 0.471. The Bertz CT molecular complexity index is 551. The minimum absolute atomic E-state index is 0.0445. The van der Waals surface area contributed by atoms with Gasteiger partial charge in [-0.2, -0.15) is 0 Å². The van der Waals surface area contributed by atoms with Crippen molar-refractivity contribution in [2.45, 2.75) is 26.2 Å². The van der Waals surface area contributed by atoms with Gasteiger partial charge in [0.15, 0.2) is 0 Å². The van der Waals surface area contributed by atoms with Crippen LogP contribution in [-0.2, 0) is 9.53 Å². The molecule has 1 heterocycles. The standard InChI is InChI=1S/C17H21NO3/c1-13-12-16(6-5-14(13)4-2-3-9-19)18-17(20)15-7-10-21-11-8-15/h5-6,12,15,19H,3,7-11H2,1H3,(H,18,20). The Morgan fingerprint density at radius 3 is 2.86 bits per heavy atom. The highest BCUT2D eigenvalue weighted by molar-refractivity contribution is 5.92. The van der Waals surface area contributed by atoms with Gasteiger partial charge in [0.25, 0.3) is 0 Å². The summed E-state index contributed by atoms with van der Waals surface area (Å²) < 4.78 is 5.27. The van der Waals surface area contributed by atoms with Crippen LogP contribution in [0.25, 0.3) is 0 Å². The normalized spacial score (nSPS) is 15.1. The molecule has 0 unspecified atom stereocenters. The highest BCUT2D eigenvalue weighted by atomic mass is 16.5. The van der Waals surface area contributed by atoms with E-state index >= 15 is 0 Å². The molecule has 1 saturated heterocycles. The molecular weight excluding hydrogens is 266 g/mol. The van der Waals surface area contributed by atoms with Crippen molar-refractivity contribution < 1.29 is 14.6 Å². The second kappa shape index (κ2) is 7.82. The molecule has 112 valence electrons. The van der Waals surface area contributed by atoms with Gasteiger partial charge in [-0.05, 0) is 43.5 Å². The van der Waals surface area contributed by atoms with Crippen LogP contribution < -0.4 is 5.32 Å². The van der Waals surface area contributed by atoms with E-state index in [1.54, 1.807) is 0 Å². The summed E-state index contributed by atoms with van der Waals surface area (Å²) in [7, 11) is 0. The summed E-state index contributed by atoms with van der Waals surface area (Å²) in [5.74, 6) is 6.03. The maximum Gasteiger partial charge on any atom is 0.227 e. The van der Waals surface area contributed by atoms with Gasteiger partial charge >= 0.3 is 0 Å². The molecule has 4 nitrogen and oxygen atoms in total. The third-order valence-corrected chi connectivity index (χ3v) is 3.55. The maximum absolute atomic E-state index is 12.2. The van der Waals surface area contributed by atoms with Crippen molar-refractivity contribution in [1.29, 1.82) is 0 Å². The van der Waals surface area contributed by atoms with E-state index in [9.17, 15) is 4.79 Å². The number of hydrogen-bond acceptors (Lipinski definition) is 3. The highest BCUT2D eigenvalue weighted by Crippen LogP contribution is 2.19. The van der Waals surface area contributed by atoms with E-state index in [2.05, 4.69) is 17.2 Å². The molecule has 1 amide bonds. The number of aryl methyl sites for hydroxylation is 1. The van der Waals surface area contributed by atoms with E-state index in [0.29, 0.717) is 19.6 Å². The van der Waals surface area contributed by atoms with Crippen LogP contribution in [0.4, 0.5) is 5.69 Å². The first-order chi connectivity index (χ1) is 10.2. The Kier molecular flexibility index (Phi) is 5.79. The number of ether oxygens (including phenoxy) is 1. The second-order valence-corrected chi connectivity index (χ2v) is 5.18. The van der Waals surface area contributed by atoms with Crippen molar-refractivity contribution in [3.8, 4) is 11.8 Å². The minimum Gasteiger partial charge on any atom is -0.395 e. The fourth-order valence-corrected chi connectivity index (χ4v) is 2.30. The fourth-order valence-electron chi connectivity index (χ4n) is 2.30. The number of rotatable bonds is 3. The first-order valence-corrected chi connectivity index (χ1v) is 7.29. The lowest BCUT2D eigenvalue weighted by Crippen LogP contribution is -2.28. The first-order valence-electron chi connectivity index (χ1n) is 7.29. The number of hydrogen-bond donors (Lipinski definition) is 2.